The average molecular weight is 388 g/mol. The molecule has 0 unspecified atom stereocenters. The molecule has 7 heteroatoms. The zero-order valence-electron chi connectivity index (χ0n) is 14.4. The van der Waals surface area contributed by atoms with E-state index in [0.717, 1.165) is 22.0 Å². The van der Waals surface area contributed by atoms with Gasteiger partial charge in [0.05, 0.1) is 19.0 Å². The highest BCUT2D eigenvalue weighted by molar-refractivity contribution is 7.13. The van der Waals surface area contributed by atoms with Crippen molar-refractivity contribution in [3.8, 4) is 11.5 Å². The van der Waals surface area contributed by atoms with E-state index in [4.69, 9.17) is 21.1 Å². The molecule has 1 heterocycles. The number of aromatic nitrogens is 1. The summed E-state index contributed by atoms with van der Waals surface area (Å²) >= 11 is 7.41. The number of rotatable bonds is 7. The van der Waals surface area contributed by atoms with E-state index in [0.29, 0.717) is 23.1 Å². The number of hydrazone groups is 1. The van der Waals surface area contributed by atoms with Crippen LogP contribution >= 0.6 is 22.9 Å². The van der Waals surface area contributed by atoms with Crippen molar-refractivity contribution in [3.63, 3.8) is 0 Å². The maximum Gasteiger partial charge on any atom is 0.203 e. The Balaban J connectivity index is 1.63. The van der Waals surface area contributed by atoms with Crippen molar-refractivity contribution in [2.45, 2.75) is 13.5 Å². The molecule has 0 aliphatic rings. The molecule has 1 aromatic heterocycles. The van der Waals surface area contributed by atoms with Gasteiger partial charge in [0.1, 0.15) is 6.61 Å². The standard InChI is InChI=1S/C19H18ClN3O2S/c1-13-12-26-19(22-13)23-21-10-15-5-8-17(18(9-15)24-2)25-11-14-3-6-16(20)7-4-14/h3-10,12H,11H2,1-2H3,(H,22,23). The van der Waals surface area contributed by atoms with Gasteiger partial charge in [-0.25, -0.2) is 4.98 Å². The molecule has 26 heavy (non-hydrogen) atoms. The molecule has 0 aliphatic heterocycles. The summed E-state index contributed by atoms with van der Waals surface area (Å²) < 4.78 is 11.3. The van der Waals surface area contributed by atoms with Crippen LogP contribution in [0.3, 0.4) is 0 Å². The second kappa shape index (κ2) is 8.69. The summed E-state index contributed by atoms with van der Waals surface area (Å²) in [6, 6.07) is 13.2. The number of halogens is 1. The lowest BCUT2D eigenvalue weighted by Crippen LogP contribution is -1.98. The van der Waals surface area contributed by atoms with Gasteiger partial charge < -0.3 is 9.47 Å². The molecule has 3 rings (SSSR count). The summed E-state index contributed by atoms with van der Waals surface area (Å²) in [6.07, 6.45) is 1.71. The smallest absolute Gasteiger partial charge is 0.203 e. The number of anilines is 1. The fourth-order valence-electron chi connectivity index (χ4n) is 2.19. The Labute approximate surface area is 161 Å². The molecule has 0 saturated carbocycles. The lowest BCUT2D eigenvalue weighted by Gasteiger charge is -2.11. The first-order chi connectivity index (χ1) is 12.6. The molecular weight excluding hydrogens is 370 g/mol. The van der Waals surface area contributed by atoms with Crippen LogP contribution in [0.4, 0.5) is 5.13 Å². The number of nitrogens with one attached hydrogen (secondary N) is 1. The Morgan fingerprint density at radius 3 is 2.69 bits per heavy atom. The number of ether oxygens (including phenoxy) is 2. The molecule has 0 spiro atoms. The topological polar surface area (TPSA) is 55.7 Å². The predicted molar refractivity (Wildman–Crippen MR) is 107 cm³/mol. The third-order valence-corrected chi connectivity index (χ3v) is 4.60. The Hall–Kier alpha value is -2.57. The third kappa shape index (κ3) is 4.97. The highest BCUT2D eigenvalue weighted by atomic mass is 35.5. The minimum absolute atomic E-state index is 0.436. The van der Waals surface area contributed by atoms with E-state index in [1.807, 2.05) is 54.8 Å². The van der Waals surface area contributed by atoms with Crippen molar-refractivity contribution in [1.82, 2.24) is 4.98 Å². The monoisotopic (exact) mass is 387 g/mol. The van der Waals surface area contributed by atoms with E-state index in [-0.39, 0.29) is 0 Å². The summed E-state index contributed by atoms with van der Waals surface area (Å²) in [5.41, 5.74) is 5.80. The molecule has 134 valence electrons. The lowest BCUT2D eigenvalue weighted by atomic mass is 10.2. The first kappa shape index (κ1) is 18.2. The van der Waals surface area contributed by atoms with Crippen molar-refractivity contribution >= 4 is 34.3 Å². The number of nitrogens with zero attached hydrogens (tertiary/aromatic N) is 2. The van der Waals surface area contributed by atoms with Crippen LogP contribution in [0.2, 0.25) is 5.02 Å². The van der Waals surface area contributed by atoms with Crippen molar-refractivity contribution in [2.75, 3.05) is 12.5 Å². The van der Waals surface area contributed by atoms with Crippen molar-refractivity contribution in [1.29, 1.82) is 0 Å². The third-order valence-electron chi connectivity index (χ3n) is 3.49. The van der Waals surface area contributed by atoms with Gasteiger partial charge in [-0.3, -0.25) is 5.43 Å². The minimum atomic E-state index is 0.436. The molecule has 0 amide bonds. The fraction of sp³-hybridized carbons (Fsp3) is 0.158. The highest BCUT2D eigenvalue weighted by Crippen LogP contribution is 2.28. The molecule has 0 saturated heterocycles. The number of aryl methyl sites for hydroxylation is 1. The van der Waals surface area contributed by atoms with Crippen LogP contribution in [-0.4, -0.2) is 18.3 Å². The van der Waals surface area contributed by atoms with E-state index in [1.54, 1.807) is 13.3 Å². The Morgan fingerprint density at radius 1 is 1.19 bits per heavy atom. The van der Waals surface area contributed by atoms with Gasteiger partial charge in [-0.1, -0.05) is 23.7 Å². The first-order valence-corrected chi connectivity index (χ1v) is 9.16. The van der Waals surface area contributed by atoms with Crippen molar-refractivity contribution < 1.29 is 9.47 Å². The molecule has 0 bridgehead atoms. The van der Waals surface area contributed by atoms with E-state index in [1.165, 1.54) is 11.3 Å². The summed E-state index contributed by atoms with van der Waals surface area (Å²) in [4.78, 5) is 4.29. The summed E-state index contributed by atoms with van der Waals surface area (Å²) in [7, 11) is 1.61. The normalized spacial score (nSPS) is 10.9. The molecule has 3 aromatic rings. The van der Waals surface area contributed by atoms with Crippen LogP contribution in [0.15, 0.2) is 52.9 Å². The molecular formula is C19H18ClN3O2S. The van der Waals surface area contributed by atoms with Gasteiger partial charge in [-0.15, -0.1) is 11.3 Å². The molecule has 0 atom stereocenters. The summed E-state index contributed by atoms with van der Waals surface area (Å²) in [5.74, 6) is 1.32. The van der Waals surface area contributed by atoms with Crippen LogP contribution in [0, 0.1) is 6.92 Å². The molecule has 5 nitrogen and oxygen atoms in total. The van der Waals surface area contributed by atoms with E-state index in [2.05, 4.69) is 15.5 Å². The molecule has 0 fully saturated rings. The van der Waals surface area contributed by atoms with Crippen molar-refractivity contribution in [3.05, 3.63) is 69.7 Å². The van der Waals surface area contributed by atoms with Crippen LogP contribution < -0.4 is 14.9 Å². The minimum Gasteiger partial charge on any atom is -0.493 e. The SMILES string of the molecule is COc1cc(C=NNc2nc(C)cs2)ccc1OCc1ccc(Cl)cc1. The van der Waals surface area contributed by atoms with Gasteiger partial charge in [-0.2, -0.15) is 5.10 Å². The molecule has 0 radical (unpaired) electrons. The Bertz CT molecular complexity index is 894. The van der Waals surface area contributed by atoms with E-state index < -0.39 is 0 Å². The van der Waals surface area contributed by atoms with Crippen LogP contribution in [0.5, 0.6) is 11.5 Å². The fourth-order valence-corrected chi connectivity index (χ4v) is 2.96. The Kier molecular flexibility index (Phi) is 6.09. The van der Waals surface area contributed by atoms with Gasteiger partial charge in [0.25, 0.3) is 0 Å². The Morgan fingerprint density at radius 2 is 2.00 bits per heavy atom. The first-order valence-electron chi connectivity index (χ1n) is 7.90. The largest absolute Gasteiger partial charge is 0.493 e. The number of methoxy groups -OCH3 is 1. The highest BCUT2D eigenvalue weighted by Gasteiger charge is 2.06. The van der Waals surface area contributed by atoms with E-state index in [9.17, 15) is 0 Å². The maximum atomic E-state index is 5.89. The van der Waals surface area contributed by atoms with Gasteiger partial charge >= 0.3 is 0 Å². The zero-order chi connectivity index (χ0) is 18.4. The lowest BCUT2D eigenvalue weighted by molar-refractivity contribution is 0.284. The average Bonchev–Trinajstić information content (AvgIpc) is 3.07. The van der Waals surface area contributed by atoms with Gasteiger partial charge in [0, 0.05) is 10.4 Å². The van der Waals surface area contributed by atoms with Gasteiger partial charge in [0.15, 0.2) is 11.5 Å². The maximum absolute atomic E-state index is 5.89. The molecule has 1 N–H and O–H groups in total. The summed E-state index contributed by atoms with van der Waals surface area (Å²) in [5, 5.41) is 7.63. The number of hydrogen-bond donors (Lipinski definition) is 1. The van der Waals surface area contributed by atoms with Gasteiger partial charge in [-0.05, 0) is 48.4 Å². The van der Waals surface area contributed by atoms with Gasteiger partial charge in [0.2, 0.25) is 5.13 Å². The number of hydrogen-bond acceptors (Lipinski definition) is 6. The number of thiazole rings is 1. The van der Waals surface area contributed by atoms with E-state index >= 15 is 0 Å². The zero-order valence-corrected chi connectivity index (χ0v) is 16.0. The predicted octanol–water partition coefficient (Wildman–Crippen LogP) is 5.14. The van der Waals surface area contributed by atoms with Crippen LogP contribution in [0.1, 0.15) is 16.8 Å². The van der Waals surface area contributed by atoms with Crippen LogP contribution in [0.25, 0.3) is 0 Å². The number of benzene rings is 2. The second-order valence-electron chi connectivity index (χ2n) is 5.49. The van der Waals surface area contributed by atoms with Crippen LogP contribution in [-0.2, 0) is 6.61 Å². The molecule has 0 aliphatic carbocycles. The summed E-state index contributed by atoms with van der Waals surface area (Å²) in [6.45, 7) is 2.38. The quantitative estimate of drug-likeness (QED) is 0.450. The van der Waals surface area contributed by atoms with Crippen molar-refractivity contribution in [2.24, 2.45) is 5.10 Å². The second-order valence-corrected chi connectivity index (χ2v) is 6.78. The molecule has 2 aromatic carbocycles.